The predicted octanol–water partition coefficient (Wildman–Crippen LogP) is 1.46. The number of benzene rings is 2. The van der Waals surface area contributed by atoms with Gasteiger partial charge in [-0.3, -0.25) is 9.59 Å². The minimum atomic E-state index is -3.87. The van der Waals surface area contributed by atoms with E-state index in [0.717, 1.165) is 7.11 Å². The average molecular weight is 380 g/mol. The minimum Gasteiger partial charge on any atom is -0.468 e. The molecule has 1 amide bonds. The Morgan fingerprint density at radius 3 is 2.42 bits per heavy atom. The third-order valence-electron chi connectivity index (χ3n) is 3.34. The Morgan fingerprint density at radius 2 is 1.81 bits per heavy atom. The van der Waals surface area contributed by atoms with Crippen LogP contribution in [0.5, 0.6) is 0 Å². The monoisotopic (exact) mass is 380 g/mol. The first-order valence-corrected chi connectivity index (χ1v) is 8.99. The molecule has 2 N–H and O–H groups in total. The second-order valence-electron chi connectivity index (χ2n) is 5.28. The fourth-order valence-corrected chi connectivity index (χ4v) is 3.03. The molecule has 138 valence electrons. The molecule has 0 saturated carbocycles. The van der Waals surface area contributed by atoms with E-state index in [1.807, 2.05) is 0 Å². The van der Waals surface area contributed by atoms with Crippen LogP contribution in [0.25, 0.3) is 0 Å². The van der Waals surface area contributed by atoms with Crippen LogP contribution in [-0.4, -0.2) is 33.9 Å². The summed E-state index contributed by atoms with van der Waals surface area (Å²) in [7, 11) is -2.72. The summed E-state index contributed by atoms with van der Waals surface area (Å²) in [4.78, 5) is 22.9. The Hall–Kier alpha value is -2.78. The molecule has 0 aliphatic rings. The van der Waals surface area contributed by atoms with Crippen LogP contribution in [0, 0.1) is 5.82 Å². The second-order valence-corrected chi connectivity index (χ2v) is 7.05. The van der Waals surface area contributed by atoms with Gasteiger partial charge in [-0.05, 0) is 42.0 Å². The Bertz CT molecular complexity index is 898. The summed E-state index contributed by atoms with van der Waals surface area (Å²) in [6, 6.07) is 11.1. The normalized spacial score (nSPS) is 11.0. The molecule has 2 aromatic carbocycles. The number of hydrogen-bond donors (Lipinski definition) is 2. The maximum absolute atomic E-state index is 13.1. The SMILES string of the molecule is COC(=O)CNS(=O)(=O)c1ccc(NC(=O)Cc2cccc(F)c2)cc1. The number of carbonyl (C=O) groups is 2. The van der Waals surface area contributed by atoms with E-state index < -0.39 is 28.4 Å². The van der Waals surface area contributed by atoms with Crippen molar-refractivity contribution in [1.82, 2.24) is 4.72 Å². The van der Waals surface area contributed by atoms with Crippen molar-refractivity contribution in [2.45, 2.75) is 11.3 Å². The van der Waals surface area contributed by atoms with Crippen molar-refractivity contribution >= 4 is 27.6 Å². The molecule has 7 nitrogen and oxygen atoms in total. The second kappa shape index (κ2) is 8.54. The Labute approximate surface area is 150 Å². The summed E-state index contributed by atoms with van der Waals surface area (Å²) < 4.78 is 43.6. The van der Waals surface area contributed by atoms with Gasteiger partial charge >= 0.3 is 5.97 Å². The molecule has 2 aromatic rings. The molecule has 0 aromatic heterocycles. The number of ether oxygens (including phenoxy) is 1. The number of esters is 1. The number of halogens is 1. The number of nitrogens with one attached hydrogen (secondary N) is 2. The molecule has 0 heterocycles. The van der Waals surface area contributed by atoms with E-state index in [1.165, 1.54) is 42.5 Å². The first kappa shape index (κ1) is 19.5. The zero-order chi connectivity index (χ0) is 19.2. The largest absolute Gasteiger partial charge is 0.468 e. The molecule has 26 heavy (non-hydrogen) atoms. The van der Waals surface area contributed by atoms with Crippen LogP contribution in [0.3, 0.4) is 0 Å². The van der Waals surface area contributed by atoms with E-state index in [4.69, 9.17) is 0 Å². The van der Waals surface area contributed by atoms with Crippen LogP contribution in [0.15, 0.2) is 53.4 Å². The molecule has 0 unspecified atom stereocenters. The Balaban J connectivity index is 1.98. The highest BCUT2D eigenvalue weighted by Crippen LogP contribution is 2.14. The molecule has 0 aliphatic heterocycles. The van der Waals surface area contributed by atoms with E-state index in [-0.39, 0.29) is 17.2 Å². The van der Waals surface area contributed by atoms with Gasteiger partial charge in [-0.25, -0.2) is 12.8 Å². The van der Waals surface area contributed by atoms with Crippen LogP contribution in [0.1, 0.15) is 5.56 Å². The van der Waals surface area contributed by atoms with Crippen molar-refractivity contribution in [3.05, 3.63) is 59.9 Å². The lowest BCUT2D eigenvalue weighted by molar-refractivity contribution is -0.139. The maximum atomic E-state index is 13.1. The molecule has 0 bridgehead atoms. The van der Waals surface area contributed by atoms with Crippen LogP contribution in [-0.2, 0) is 30.8 Å². The number of hydrogen-bond acceptors (Lipinski definition) is 5. The lowest BCUT2D eigenvalue weighted by Gasteiger charge is -2.08. The summed E-state index contributed by atoms with van der Waals surface area (Å²) in [5.74, 6) is -1.51. The number of carbonyl (C=O) groups excluding carboxylic acids is 2. The van der Waals surface area contributed by atoms with Crippen molar-refractivity contribution < 1.29 is 27.1 Å². The topological polar surface area (TPSA) is 102 Å². The molecule has 0 fully saturated rings. The maximum Gasteiger partial charge on any atom is 0.320 e. The van der Waals surface area contributed by atoms with Gasteiger partial charge in [0.1, 0.15) is 12.4 Å². The van der Waals surface area contributed by atoms with E-state index >= 15 is 0 Å². The summed E-state index contributed by atoms with van der Waals surface area (Å²) in [6.07, 6.45) is -0.0154. The van der Waals surface area contributed by atoms with Crippen LogP contribution < -0.4 is 10.0 Å². The highest BCUT2D eigenvalue weighted by molar-refractivity contribution is 7.89. The van der Waals surface area contributed by atoms with Gasteiger partial charge in [0.15, 0.2) is 0 Å². The van der Waals surface area contributed by atoms with Gasteiger partial charge in [0.25, 0.3) is 0 Å². The van der Waals surface area contributed by atoms with Gasteiger partial charge in [-0.15, -0.1) is 0 Å². The zero-order valence-electron chi connectivity index (χ0n) is 13.9. The minimum absolute atomic E-state index is 0.0154. The fourth-order valence-electron chi connectivity index (χ4n) is 2.06. The van der Waals surface area contributed by atoms with Gasteiger partial charge in [-0.2, -0.15) is 4.72 Å². The smallest absolute Gasteiger partial charge is 0.320 e. The first-order valence-electron chi connectivity index (χ1n) is 7.51. The third kappa shape index (κ3) is 5.64. The molecular weight excluding hydrogens is 363 g/mol. The van der Waals surface area contributed by atoms with Gasteiger partial charge in [0, 0.05) is 5.69 Å². The quantitative estimate of drug-likeness (QED) is 0.708. The molecule has 0 atom stereocenters. The number of rotatable bonds is 7. The Kier molecular flexibility index (Phi) is 6.42. The predicted molar refractivity (Wildman–Crippen MR) is 92.4 cm³/mol. The van der Waals surface area contributed by atoms with Crippen molar-refractivity contribution in [3.63, 3.8) is 0 Å². The molecule has 0 radical (unpaired) electrons. The standard InChI is InChI=1S/C17H17FN2O5S/c1-25-17(22)11-19-26(23,24)15-7-5-14(6-8-15)20-16(21)10-12-3-2-4-13(18)9-12/h2-9,19H,10-11H2,1H3,(H,20,21). The molecule has 0 aliphatic carbocycles. The number of amides is 1. The van der Waals surface area contributed by atoms with Crippen LogP contribution in [0.4, 0.5) is 10.1 Å². The van der Waals surface area contributed by atoms with E-state index in [0.29, 0.717) is 11.3 Å². The van der Waals surface area contributed by atoms with E-state index in [9.17, 15) is 22.4 Å². The first-order chi connectivity index (χ1) is 12.3. The molecular formula is C17H17FN2O5S. The van der Waals surface area contributed by atoms with Gasteiger partial charge in [0.05, 0.1) is 18.4 Å². The molecule has 0 spiro atoms. The van der Waals surface area contributed by atoms with Crippen LogP contribution in [0.2, 0.25) is 0 Å². The summed E-state index contributed by atoms with van der Waals surface area (Å²) >= 11 is 0. The molecule has 2 rings (SSSR count). The van der Waals surface area contributed by atoms with Gasteiger partial charge in [-0.1, -0.05) is 12.1 Å². The average Bonchev–Trinajstić information content (AvgIpc) is 2.60. The van der Waals surface area contributed by atoms with Crippen molar-refractivity contribution in [2.75, 3.05) is 19.0 Å². The van der Waals surface area contributed by atoms with E-state index in [2.05, 4.69) is 14.8 Å². The fraction of sp³-hybridized carbons (Fsp3) is 0.176. The molecule has 0 saturated heterocycles. The van der Waals surface area contributed by atoms with E-state index in [1.54, 1.807) is 6.07 Å². The highest BCUT2D eigenvalue weighted by atomic mass is 32.2. The highest BCUT2D eigenvalue weighted by Gasteiger charge is 2.15. The van der Waals surface area contributed by atoms with Crippen molar-refractivity contribution in [2.24, 2.45) is 0 Å². The van der Waals surface area contributed by atoms with Gasteiger partial charge in [0.2, 0.25) is 15.9 Å². The number of methoxy groups -OCH3 is 1. The lowest BCUT2D eigenvalue weighted by Crippen LogP contribution is -2.30. The summed E-state index contributed by atoms with van der Waals surface area (Å²) in [6.45, 7) is -0.481. The zero-order valence-corrected chi connectivity index (χ0v) is 14.7. The number of sulfonamides is 1. The van der Waals surface area contributed by atoms with Gasteiger partial charge < -0.3 is 10.1 Å². The summed E-state index contributed by atoms with van der Waals surface area (Å²) in [5.41, 5.74) is 0.909. The van der Waals surface area contributed by atoms with Crippen LogP contribution >= 0.6 is 0 Å². The van der Waals surface area contributed by atoms with Crippen molar-refractivity contribution in [3.8, 4) is 0 Å². The summed E-state index contributed by atoms with van der Waals surface area (Å²) in [5, 5.41) is 2.60. The molecule has 9 heteroatoms. The lowest BCUT2D eigenvalue weighted by atomic mass is 10.1. The number of anilines is 1. The Morgan fingerprint density at radius 1 is 1.12 bits per heavy atom. The third-order valence-corrected chi connectivity index (χ3v) is 4.75. The van der Waals surface area contributed by atoms with Crippen molar-refractivity contribution in [1.29, 1.82) is 0 Å².